The van der Waals surface area contributed by atoms with Gasteiger partial charge in [0.05, 0.1) is 32.3 Å². The van der Waals surface area contributed by atoms with E-state index in [1.54, 1.807) is 18.2 Å². The summed E-state index contributed by atoms with van der Waals surface area (Å²) in [4.78, 5) is 23.7. The number of hydrogen-bond acceptors (Lipinski definition) is 3. The quantitative estimate of drug-likeness (QED) is 0.0431. The maximum Gasteiger partial charge on any atom is 0.417 e. The molecule has 0 heterocycles. The van der Waals surface area contributed by atoms with E-state index in [2.05, 4.69) is 0 Å². The highest BCUT2D eigenvalue weighted by atomic mass is 35.5. The highest BCUT2D eigenvalue weighted by Gasteiger charge is 2.48. The highest BCUT2D eigenvalue weighted by Crippen LogP contribution is 2.54. The fraction of sp³-hybridized carbons (Fsp3) is 0.176. The molecular weight excluding hydrogens is 698 g/mol. The number of fused-ring (bicyclic) bond motifs is 2. The van der Waals surface area contributed by atoms with Crippen molar-refractivity contribution in [2.75, 3.05) is 0 Å². The summed E-state index contributed by atoms with van der Waals surface area (Å²) in [5.41, 5.74) is -7.27. The van der Waals surface area contributed by atoms with Crippen LogP contribution in [0.1, 0.15) is 45.5 Å². The molecule has 0 saturated heterocycles. The molecule has 248 valence electrons. The predicted octanol–water partition coefficient (Wildman–Crippen LogP) is 11.8. The minimum Gasteiger partial charge on any atom is -0.426 e. The van der Waals surface area contributed by atoms with Crippen LogP contribution < -0.4 is 4.74 Å². The third-order valence-electron chi connectivity index (χ3n) is 8.11. The zero-order valence-corrected chi connectivity index (χ0v) is 25.4. The fourth-order valence-electron chi connectivity index (χ4n) is 6.38. The van der Waals surface area contributed by atoms with Crippen molar-refractivity contribution in [1.82, 2.24) is 0 Å². The largest absolute Gasteiger partial charge is 0.426 e. The number of carbonyl (C=O) groups excluding carboxylic acids is 2. The van der Waals surface area contributed by atoms with Crippen LogP contribution in [0.5, 0.6) is 5.75 Å². The monoisotopic (exact) mass is 714 g/mol. The molecule has 0 amide bonds. The maximum absolute atomic E-state index is 15.0. The summed E-state index contributed by atoms with van der Waals surface area (Å²) in [6.07, 6.45) is -18.7. The molecule has 0 fully saturated rings. The third kappa shape index (κ3) is 5.64. The van der Waals surface area contributed by atoms with E-state index in [9.17, 15) is 49.1 Å². The SMILES string of the molecule is O=Cc1c(Cl)cc(OC(=O)CCCc2c(C(F)(F)F)c(C(F)(F)F)c3c4cccc5cccc(c6ccc(C(F)(F)F)c2c63)c54)cc1Cl. The van der Waals surface area contributed by atoms with Gasteiger partial charge in [0.25, 0.3) is 0 Å². The molecule has 0 unspecified atom stereocenters. The standard InChI is InChI=1S/C34H17Cl2F9O3/c35-23-12-16(13-24(36)21(23)14-46)48-25(47)9-3-8-20-27-22(32(37,38)39)11-10-18-17-6-1-4-15-5-2-7-19(26(15)17)29(28(18)27)31(34(43,44)45)30(20)33(40,41)42/h1-2,4-7,10-14H,3,8-9H2. The van der Waals surface area contributed by atoms with Crippen LogP contribution in [-0.4, -0.2) is 12.3 Å². The Kier molecular flexibility index (Phi) is 8.19. The molecule has 6 aromatic rings. The number of ether oxygens (including phenoxy) is 1. The number of hydrogen-bond donors (Lipinski definition) is 0. The summed E-state index contributed by atoms with van der Waals surface area (Å²) in [6, 6.07) is 12.3. The van der Waals surface area contributed by atoms with Crippen LogP contribution in [0.4, 0.5) is 39.5 Å². The number of rotatable bonds is 6. The molecule has 0 aliphatic carbocycles. The Morgan fingerprint density at radius 2 is 1.27 bits per heavy atom. The minimum atomic E-state index is -5.76. The summed E-state index contributed by atoms with van der Waals surface area (Å²) in [7, 11) is 0. The van der Waals surface area contributed by atoms with Crippen molar-refractivity contribution in [3.8, 4) is 5.75 Å². The Balaban J connectivity index is 1.61. The van der Waals surface area contributed by atoms with Crippen LogP contribution in [0.2, 0.25) is 10.0 Å². The summed E-state index contributed by atoms with van der Waals surface area (Å²) >= 11 is 11.8. The average Bonchev–Trinajstić information content (AvgIpc) is 2.97. The molecule has 0 aliphatic heterocycles. The lowest BCUT2D eigenvalue weighted by Crippen LogP contribution is -2.22. The Bertz CT molecular complexity index is 2240. The van der Waals surface area contributed by atoms with Gasteiger partial charge in [-0.25, -0.2) is 0 Å². The van der Waals surface area contributed by atoms with Gasteiger partial charge in [-0.05, 0) is 62.2 Å². The maximum atomic E-state index is 15.0. The molecule has 6 aromatic carbocycles. The second-order valence-corrected chi connectivity index (χ2v) is 11.8. The van der Waals surface area contributed by atoms with Gasteiger partial charge in [-0.15, -0.1) is 0 Å². The lowest BCUT2D eigenvalue weighted by molar-refractivity contribution is -0.161. The molecule has 0 aliphatic rings. The molecule has 0 atom stereocenters. The molecule has 3 nitrogen and oxygen atoms in total. The smallest absolute Gasteiger partial charge is 0.417 e. The molecule has 0 radical (unpaired) electrons. The van der Waals surface area contributed by atoms with Gasteiger partial charge in [0, 0.05) is 23.9 Å². The lowest BCUT2D eigenvalue weighted by atomic mass is 9.80. The van der Waals surface area contributed by atoms with Crippen molar-refractivity contribution < 1.29 is 53.8 Å². The molecule has 0 aromatic heterocycles. The van der Waals surface area contributed by atoms with Gasteiger partial charge in [0.15, 0.2) is 6.29 Å². The number of halogens is 11. The zero-order chi connectivity index (χ0) is 34.9. The zero-order valence-electron chi connectivity index (χ0n) is 23.9. The molecule has 0 N–H and O–H groups in total. The van der Waals surface area contributed by atoms with E-state index in [0.29, 0.717) is 17.7 Å². The normalized spacial score (nSPS) is 12.9. The van der Waals surface area contributed by atoms with Crippen LogP contribution >= 0.6 is 23.2 Å². The topological polar surface area (TPSA) is 43.4 Å². The van der Waals surface area contributed by atoms with Crippen molar-refractivity contribution in [1.29, 1.82) is 0 Å². The van der Waals surface area contributed by atoms with E-state index in [1.807, 2.05) is 0 Å². The van der Waals surface area contributed by atoms with Crippen molar-refractivity contribution in [2.24, 2.45) is 0 Å². The minimum absolute atomic E-state index is 0.0929. The Morgan fingerprint density at radius 1 is 0.688 bits per heavy atom. The van der Waals surface area contributed by atoms with Gasteiger partial charge in [-0.3, -0.25) is 9.59 Å². The van der Waals surface area contributed by atoms with Gasteiger partial charge >= 0.3 is 24.5 Å². The second-order valence-electron chi connectivity index (χ2n) is 11.0. The van der Waals surface area contributed by atoms with Crippen molar-refractivity contribution in [2.45, 2.75) is 37.8 Å². The number of esters is 1. The Labute approximate surface area is 274 Å². The van der Waals surface area contributed by atoms with Crippen LogP contribution in [-0.2, 0) is 29.7 Å². The average molecular weight is 715 g/mol. The molecule has 0 bridgehead atoms. The van der Waals surface area contributed by atoms with Crippen LogP contribution in [0.3, 0.4) is 0 Å². The van der Waals surface area contributed by atoms with E-state index in [1.165, 1.54) is 12.1 Å². The van der Waals surface area contributed by atoms with Crippen molar-refractivity contribution >= 4 is 78.5 Å². The molecule has 48 heavy (non-hydrogen) atoms. The molecule has 6 rings (SSSR count). The summed E-state index contributed by atoms with van der Waals surface area (Å²) in [6.45, 7) is 0. The summed E-state index contributed by atoms with van der Waals surface area (Å²) in [5, 5.41) is -2.57. The molecule has 14 heteroatoms. The van der Waals surface area contributed by atoms with Crippen LogP contribution in [0.25, 0.3) is 43.1 Å². The second kappa shape index (κ2) is 11.7. The van der Waals surface area contributed by atoms with Gasteiger partial charge in [-0.1, -0.05) is 65.7 Å². The first kappa shape index (κ1) is 33.6. The third-order valence-corrected chi connectivity index (χ3v) is 8.73. The van der Waals surface area contributed by atoms with E-state index < -0.39 is 82.2 Å². The first-order valence-electron chi connectivity index (χ1n) is 14.0. The number of aldehydes is 1. The number of aryl methyl sites for hydroxylation is 1. The Hall–Kier alpha value is -4.29. The van der Waals surface area contributed by atoms with Gasteiger partial charge in [0.1, 0.15) is 5.75 Å². The van der Waals surface area contributed by atoms with Gasteiger partial charge in [0.2, 0.25) is 0 Å². The molecule has 0 saturated carbocycles. The number of carbonyl (C=O) groups is 2. The van der Waals surface area contributed by atoms with Crippen LogP contribution in [0.15, 0.2) is 60.7 Å². The summed E-state index contributed by atoms with van der Waals surface area (Å²) in [5.74, 6) is -1.34. The number of benzene rings is 6. The van der Waals surface area contributed by atoms with Crippen molar-refractivity contribution in [3.05, 3.63) is 98.5 Å². The highest BCUT2D eigenvalue weighted by molar-refractivity contribution is 6.38. The first-order chi connectivity index (χ1) is 22.4. The predicted molar refractivity (Wildman–Crippen MR) is 163 cm³/mol. The van der Waals surface area contributed by atoms with Gasteiger partial charge in [-0.2, -0.15) is 39.5 Å². The Morgan fingerprint density at radius 3 is 1.83 bits per heavy atom. The first-order valence-corrected chi connectivity index (χ1v) is 14.7. The molecular formula is C34H17Cl2F9O3. The van der Waals surface area contributed by atoms with Crippen LogP contribution in [0, 0.1) is 0 Å². The summed E-state index contributed by atoms with van der Waals surface area (Å²) < 4.78 is 138. The fourth-order valence-corrected chi connectivity index (χ4v) is 6.93. The number of alkyl halides is 9. The van der Waals surface area contributed by atoms with E-state index in [0.717, 1.165) is 24.3 Å². The van der Waals surface area contributed by atoms with Crippen molar-refractivity contribution in [3.63, 3.8) is 0 Å². The lowest BCUT2D eigenvalue weighted by Gasteiger charge is -2.27. The molecule has 0 spiro atoms. The van der Waals surface area contributed by atoms with E-state index >= 15 is 0 Å². The van der Waals surface area contributed by atoms with E-state index in [-0.39, 0.29) is 42.9 Å². The van der Waals surface area contributed by atoms with E-state index in [4.69, 9.17) is 27.9 Å². The van der Waals surface area contributed by atoms with Gasteiger partial charge < -0.3 is 4.74 Å².